The van der Waals surface area contributed by atoms with Crippen LogP contribution in [0.3, 0.4) is 0 Å². The summed E-state index contributed by atoms with van der Waals surface area (Å²) in [6, 6.07) is 20.5. The van der Waals surface area contributed by atoms with Gasteiger partial charge in [0, 0.05) is 12.1 Å². The molecule has 3 aromatic carbocycles. The van der Waals surface area contributed by atoms with Gasteiger partial charge in [0.15, 0.2) is 0 Å². The van der Waals surface area contributed by atoms with Gasteiger partial charge in [-0.25, -0.2) is 10.5 Å². The molecule has 0 saturated carbocycles. The largest absolute Gasteiger partial charge is 0.497 e. The molecule has 0 atom stereocenters. The molecular weight excluding hydrogens is 394 g/mol. The van der Waals surface area contributed by atoms with Gasteiger partial charge in [-0.1, -0.05) is 36.4 Å². The van der Waals surface area contributed by atoms with E-state index in [4.69, 9.17) is 9.94 Å². The molecule has 0 saturated heterocycles. The van der Waals surface area contributed by atoms with E-state index < -0.39 is 5.91 Å². The van der Waals surface area contributed by atoms with Gasteiger partial charge < -0.3 is 4.74 Å². The number of carbonyl (C=O) groups is 1. The molecule has 156 valence electrons. The van der Waals surface area contributed by atoms with Crippen LogP contribution in [0.2, 0.25) is 0 Å². The number of methoxy groups -OCH3 is 1. The van der Waals surface area contributed by atoms with Gasteiger partial charge in [0.1, 0.15) is 5.75 Å². The standard InChI is InChI=1S/C24H21N3O4/c1-31-20-7-3-6-18(13-20)17-5-2-4-16(12-17)10-11-27-15-25-22-9-8-19(23(28)26-30)14-21(22)24(27)29/h2-9,12-15,30H,10-11H2,1H3,(H,26,28). The number of ether oxygens (including phenoxy) is 1. The van der Waals surface area contributed by atoms with Crippen LogP contribution in [0.5, 0.6) is 5.75 Å². The number of amides is 1. The van der Waals surface area contributed by atoms with Gasteiger partial charge in [-0.2, -0.15) is 0 Å². The van der Waals surface area contributed by atoms with Crippen LogP contribution in [0.4, 0.5) is 0 Å². The zero-order valence-corrected chi connectivity index (χ0v) is 16.9. The van der Waals surface area contributed by atoms with Crippen molar-refractivity contribution in [1.29, 1.82) is 0 Å². The molecule has 0 aliphatic rings. The van der Waals surface area contributed by atoms with Crippen molar-refractivity contribution in [1.82, 2.24) is 15.0 Å². The van der Waals surface area contributed by atoms with E-state index in [9.17, 15) is 9.59 Å². The second-order valence-electron chi connectivity index (χ2n) is 7.10. The fraction of sp³-hybridized carbons (Fsp3) is 0.125. The molecule has 7 heteroatoms. The van der Waals surface area contributed by atoms with E-state index in [0.29, 0.717) is 23.9 Å². The van der Waals surface area contributed by atoms with E-state index >= 15 is 0 Å². The third-order valence-electron chi connectivity index (χ3n) is 5.16. The maximum atomic E-state index is 12.9. The topological polar surface area (TPSA) is 93.5 Å². The SMILES string of the molecule is COc1cccc(-c2cccc(CCn3cnc4ccc(C(=O)NO)cc4c3=O)c2)c1. The van der Waals surface area contributed by atoms with Gasteiger partial charge >= 0.3 is 0 Å². The number of fused-ring (bicyclic) bond motifs is 1. The predicted octanol–water partition coefficient (Wildman–Crippen LogP) is 3.43. The van der Waals surface area contributed by atoms with Crippen molar-refractivity contribution >= 4 is 16.8 Å². The van der Waals surface area contributed by atoms with Gasteiger partial charge in [-0.05, 0) is 53.4 Å². The summed E-state index contributed by atoms with van der Waals surface area (Å²) < 4.78 is 6.84. The summed E-state index contributed by atoms with van der Waals surface area (Å²) in [7, 11) is 1.64. The zero-order valence-electron chi connectivity index (χ0n) is 16.9. The zero-order chi connectivity index (χ0) is 21.8. The van der Waals surface area contributed by atoms with Crippen LogP contribution in [0.15, 0.2) is 77.9 Å². The molecule has 1 heterocycles. The van der Waals surface area contributed by atoms with Gasteiger partial charge in [0.05, 0.1) is 24.3 Å². The lowest BCUT2D eigenvalue weighted by Crippen LogP contribution is -2.23. The number of benzene rings is 3. The Bertz CT molecular complexity index is 1310. The Hall–Kier alpha value is -3.97. The van der Waals surface area contributed by atoms with Crippen LogP contribution >= 0.6 is 0 Å². The molecule has 0 bridgehead atoms. The molecule has 31 heavy (non-hydrogen) atoms. The van der Waals surface area contributed by atoms with Gasteiger partial charge in [0.25, 0.3) is 11.5 Å². The van der Waals surface area contributed by atoms with Crippen molar-refractivity contribution in [3.63, 3.8) is 0 Å². The molecule has 4 aromatic rings. The summed E-state index contributed by atoms with van der Waals surface area (Å²) in [6.45, 7) is 0.444. The number of rotatable bonds is 6. The van der Waals surface area contributed by atoms with Crippen LogP contribution in [0, 0.1) is 0 Å². The maximum absolute atomic E-state index is 12.9. The van der Waals surface area contributed by atoms with E-state index in [0.717, 1.165) is 22.4 Å². The van der Waals surface area contributed by atoms with Crippen LogP contribution < -0.4 is 15.8 Å². The van der Waals surface area contributed by atoms with Crippen LogP contribution in [0.1, 0.15) is 15.9 Å². The first-order valence-corrected chi connectivity index (χ1v) is 9.76. The first-order chi connectivity index (χ1) is 15.1. The van der Waals surface area contributed by atoms with E-state index in [1.54, 1.807) is 18.7 Å². The molecule has 1 amide bonds. The summed E-state index contributed by atoms with van der Waals surface area (Å²) in [5, 5.41) is 9.15. The lowest BCUT2D eigenvalue weighted by molar-refractivity contribution is 0.0706. The lowest BCUT2D eigenvalue weighted by Gasteiger charge is -2.09. The van der Waals surface area contributed by atoms with Crippen LogP contribution in [-0.4, -0.2) is 27.8 Å². The number of aryl methyl sites for hydroxylation is 2. The number of carbonyl (C=O) groups excluding carboxylic acids is 1. The number of hydrogen-bond acceptors (Lipinski definition) is 5. The first-order valence-electron chi connectivity index (χ1n) is 9.76. The van der Waals surface area contributed by atoms with E-state index in [1.807, 2.05) is 42.5 Å². The Kier molecular flexibility index (Phi) is 5.77. The molecule has 0 radical (unpaired) electrons. The average molecular weight is 415 g/mol. The fourth-order valence-electron chi connectivity index (χ4n) is 3.48. The number of hydrogen-bond donors (Lipinski definition) is 2. The molecule has 0 unspecified atom stereocenters. The second-order valence-corrected chi connectivity index (χ2v) is 7.10. The second kappa shape index (κ2) is 8.81. The molecule has 0 fully saturated rings. The summed E-state index contributed by atoms with van der Waals surface area (Å²) in [6.07, 6.45) is 2.16. The normalized spacial score (nSPS) is 10.8. The van der Waals surface area contributed by atoms with E-state index in [1.165, 1.54) is 23.0 Å². The summed E-state index contributed by atoms with van der Waals surface area (Å²) in [5.41, 5.74) is 5.24. The number of aromatic nitrogens is 2. The molecule has 1 aromatic heterocycles. The fourth-order valence-corrected chi connectivity index (χ4v) is 3.48. The van der Waals surface area contributed by atoms with Crippen LogP contribution in [-0.2, 0) is 13.0 Å². The Morgan fingerprint density at radius 1 is 1.06 bits per heavy atom. The van der Waals surface area contributed by atoms with E-state index in [-0.39, 0.29) is 11.1 Å². The summed E-state index contributed by atoms with van der Waals surface area (Å²) in [5.74, 6) is 0.122. The molecule has 0 aliphatic heterocycles. The monoisotopic (exact) mass is 415 g/mol. The Morgan fingerprint density at radius 2 is 1.84 bits per heavy atom. The van der Waals surface area contributed by atoms with E-state index in [2.05, 4.69) is 11.1 Å². The number of hydroxylamine groups is 1. The Labute approximate surface area is 178 Å². The maximum Gasteiger partial charge on any atom is 0.274 e. The molecule has 0 aliphatic carbocycles. The van der Waals surface area contributed by atoms with Gasteiger partial charge in [0.2, 0.25) is 0 Å². The molecule has 2 N–H and O–H groups in total. The highest BCUT2D eigenvalue weighted by Crippen LogP contribution is 2.24. The number of nitrogens with zero attached hydrogens (tertiary/aromatic N) is 2. The van der Waals surface area contributed by atoms with Crippen LogP contribution in [0.25, 0.3) is 22.0 Å². The quantitative estimate of drug-likeness (QED) is 0.372. The third kappa shape index (κ3) is 4.31. The predicted molar refractivity (Wildman–Crippen MR) is 117 cm³/mol. The molecule has 7 nitrogen and oxygen atoms in total. The Morgan fingerprint density at radius 3 is 2.61 bits per heavy atom. The summed E-state index contributed by atoms with van der Waals surface area (Å²) in [4.78, 5) is 28.9. The average Bonchev–Trinajstić information content (AvgIpc) is 2.83. The van der Waals surface area contributed by atoms with Crippen molar-refractivity contribution < 1.29 is 14.7 Å². The van der Waals surface area contributed by atoms with Gasteiger partial charge in [-0.3, -0.25) is 19.4 Å². The third-order valence-corrected chi connectivity index (χ3v) is 5.16. The minimum absolute atomic E-state index is 0.192. The van der Waals surface area contributed by atoms with Crippen molar-refractivity contribution in [2.45, 2.75) is 13.0 Å². The minimum Gasteiger partial charge on any atom is -0.497 e. The highest BCUT2D eigenvalue weighted by atomic mass is 16.5. The van der Waals surface area contributed by atoms with Crippen molar-refractivity contribution in [2.24, 2.45) is 0 Å². The van der Waals surface area contributed by atoms with Crippen molar-refractivity contribution in [3.8, 4) is 16.9 Å². The smallest absolute Gasteiger partial charge is 0.274 e. The molecular formula is C24H21N3O4. The Balaban J connectivity index is 1.58. The van der Waals surface area contributed by atoms with Crippen molar-refractivity contribution in [2.75, 3.05) is 7.11 Å². The highest BCUT2D eigenvalue weighted by Gasteiger charge is 2.10. The summed E-state index contributed by atoms with van der Waals surface area (Å²) >= 11 is 0. The van der Waals surface area contributed by atoms with Gasteiger partial charge in [-0.15, -0.1) is 0 Å². The van der Waals surface area contributed by atoms with Crippen molar-refractivity contribution in [3.05, 3.63) is 94.5 Å². The lowest BCUT2D eigenvalue weighted by atomic mass is 10.0. The minimum atomic E-state index is -0.675. The number of nitrogens with one attached hydrogen (secondary N) is 1. The molecule has 0 spiro atoms. The highest BCUT2D eigenvalue weighted by molar-refractivity contribution is 5.97. The molecule has 4 rings (SSSR count). The first kappa shape index (κ1) is 20.3.